The second-order valence-corrected chi connectivity index (χ2v) is 6.07. The SMILES string of the molecule is CCOC(OCC)[SiH2]CCOCCN(CC)CC. The van der Waals surface area contributed by atoms with Gasteiger partial charge in [0.1, 0.15) is 5.91 Å². The van der Waals surface area contributed by atoms with Gasteiger partial charge in [-0.1, -0.05) is 13.8 Å². The number of hydrogen-bond donors (Lipinski definition) is 0. The van der Waals surface area contributed by atoms with E-state index in [9.17, 15) is 0 Å². The van der Waals surface area contributed by atoms with Crippen molar-refractivity contribution >= 4 is 9.52 Å². The standard InChI is InChI=1S/C13H31NO3Si/c1-5-14(6-2)9-10-15-11-12-18-13(16-7-3)17-8-4/h13H,5-12,18H2,1-4H3. The Morgan fingerprint density at radius 2 is 1.56 bits per heavy atom. The molecule has 0 aromatic heterocycles. The molecule has 0 unspecified atom stereocenters. The normalized spacial score (nSPS) is 12.3. The summed E-state index contributed by atoms with van der Waals surface area (Å²) in [4.78, 5) is 2.38. The van der Waals surface area contributed by atoms with Crippen molar-refractivity contribution in [3.8, 4) is 0 Å². The van der Waals surface area contributed by atoms with Crippen molar-refractivity contribution in [3.05, 3.63) is 0 Å². The van der Waals surface area contributed by atoms with Gasteiger partial charge in [-0.25, -0.2) is 0 Å². The van der Waals surface area contributed by atoms with E-state index >= 15 is 0 Å². The van der Waals surface area contributed by atoms with Crippen molar-refractivity contribution < 1.29 is 14.2 Å². The molecule has 0 atom stereocenters. The van der Waals surface area contributed by atoms with Crippen LogP contribution >= 0.6 is 0 Å². The van der Waals surface area contributed by atoms with E-state index in [1.54, 1.807) is 0 Å². The van der Waals surface area contributed by atoms with E-state index in [0.717, 1.165) is 52.1 Å². The minimum Gasteiger partial charge on any atom is -0.380 e. The Hall–Kier alpha value is 0.0569. The number of nitrogens with zero attached hydrogens (tertiary/aromatic N) is 1. The van der Waals surface area contributed by atoms with E-state index in [-0.39, 0.29) is 15.4 Å². The average molecular weight is 277 g/mol. The third-order valence-corrected chi connectivity index (χ3v) is 4.52. The lowest BCUT2D eigenvalue weighted by atomic mass is 10.5. The molecule has 0 aliphatic heterocycles. The maximum atomic E-state index is 5.66. The van der Waals surface area contributed by atoms with Crippen molar-refractivity contribution in [2.24, 2.45) is 0 Å². The third-order valence-electron chi connectivity index (χ3n) is 2.88. The smallest absolute Gasteiger partial charge is 0.134 e. The van der Waals surface area contributed by atoms with Crippen LogP contribution in [0.4, 0.5) is 0 Å². The maximum absolute atomic E-state index is 5.66. The van der Waals surface area contributed by atoms with Crippen molar-refractivity contribution in [1.82, 2.24) is 4.90 Å². The number of rotatable bonds is 13. The summed E-state index contributed by atoms with van der Waals surface area (Å²) in [5.74, 6) is 0.0754. The highest BCUT2D eigenvalue weighted by Crippen LogP contribution is 1.97. The molecule has 0 radical (unpaired) electrons. The fourth-order valence-corrected chi connectivity index (χ4v) is 3.28. The zero-order chi connectivity index (χ0) is 13.6. The number of ether oxygens (including phenoxy) is 3. The molecule has 0 aliphatic rings. The van der Waals surface area contributed by atoms with Gasteiger partial charge in [0.05, 0.1) is 16.1 Å². The molecule has 0 bridgehead atoms. The fraction of sp³-hybridized carbons (Fsp3) is 1.00. The predicted molar refractivity (Wildman–Crippen MR) is 79.0 cm³/mol. The van der Waals surface area contributed by atoms with E-state index in [1.165, 1.54) is 0 Å². The van der Waals surface area contributed by atoms with E-state index in [1.807, 2.05) is 13.8 Å². The lowest BCUT2D eigenvalue weighted by molar-refractivity contribution is -0.0830. The minimum absolute atomic E-state index is 0.0754. The molecule has 5 heteroatoms. The first-order valence-corrected chi connectivity index (χ1v) is 9.13. The molecule has 0 saturated heterocycles. The second kappa shape index (κ2) is 13.5. The van der Waals surface area contributed by atoms with Crippen molar-refractivity contribution in [3.63, 3.8) is 0 Å². The molecule has 0 spiro atoms. The summed E-state index contributed by atoms with van der Waals surface area (Å²) < 4.78 is 16.7. The Labute approximate surface area is 115 Å². The van der Waals surface area contributed by atoms with Gasteiger partial charge < -0.3 is 19.1 Å². The van der Waals surface area contributed by atoms with Gasteiger partial charge >= 0.3 is 0 Å². The lowest BCUT2D eigenvalue weighted by Crippen LogP contribution is -2.28. The zero-order valence-electron chi connectivity index (χ0n) is 12.6. The fourth-order valence-electron chi connectivity index (χ4n) is 1.77. The van der Waals surface area contributed by atoms with E-state index in [2.05, 4.69) is 18.7 Å². The van der Waals surface area contributed by atoms with Gasteiger partial charge in [0, 0.05) is 26.4 Å². The quantitative estimate of drug-likeness (QED) is 0.288. The lowest BCUT2D eigenvalue weighted by Gasteiger charge is -2.18. The Kier molecular flexibility index (Phi) is 13.5. The van der Waals surface area contributed by atoms with Gasteiger partial charge in [0.2, 0.25) is 0 Å². The minimum atomic E-state index is -0.338. The van der Waals surface area contributed by atoms with Crippen LogP contribution in [0.15, 0.2) is 0 Å². The summed E-state index contributed by atoms with van der Waals surface area (Å²) in [6, 6.07) is 1.13. The summed E-state index contributed by atoms with van der Waals surface area (Å²) in [6.07, 6.45) is 0. The Bertz CT molecular complexity index is 162. The Morgan fingerprint density at radius 3 is 2.06 bits per heavy atom. The van der Waals surface area contributed by atoms with Gasteiger partial charge in [0.15, 0.2) is 0 Å². The van der Waals surface area contributed by atoms with Crippen LogP contribution in [0.1, 0.15) is 27.7 Å². The molecule has 0 fully saturated rings. The summed E-state index contributed by atoms with van der Waals surface area (Å²) in [6.45, 7) is 14.8. The summed E-state index contributed by atoms with van der Waals surface area (Å²) >= 11 is 0. The van der Waals surface area contributed by atoms with Crippen LogP contribution in [0.25, 0.3) is 0 Å². The van der Waals surface area contributed by atoms with Gasteiger partial charge in [-0.2, -0.15) is 0 Å². The zero-order valence-corrected chi connectivity index (χ0v) is 14.0. The van der Waals surface area contributed by atoms with Crippen LogP contribution in [0.3, 0.4) is 0 Å². The molecule has 110 valence electrons. The molecular formula is C13H31NO3Si. The molecule has 0 aliphatic carbocycles. The number of hydrogen-bond acceptors (Lipinski definition) is 4. The first-order valence-electron chi connectivity index (χ1n) is 7.31. The first kappa shape index (κ1) is 18.1. The topological polar surface area (TPSA) is 30.9 Å². The molecule has 18 heavy (non-hydrogen) atoms. The molecule has 0 amide bonds. The predicted octanol–water partition coefficient (Wildman–Crippen LogP) is 1.29. The summed E-state index contributed by atoms with van der Waals surface area (Å²) in [5, 5.41) is 0. The van der Waals surface area contributed by atoms with E-state index < -0.39 is 0 Å². The molecule has 0 heterocycles. The third kappa shape index (κ3) is 10.0. The van der Waals surface area contributed by atoms with Gasteiger partial charge in [-0.3, -0.25) is 0 Å². The van der Waals surface area contributed by atoms with E-state index in [4.69, 9.17) is 14.2 Å². The van der Waals surface area contributed by atoms with E-state index in [0.29, 0.717) is 0 Å². The molecule has 0 saturated carbocycles. The van der Waals surface area contributed by atoms with Crippen molar-refractivity contribution in [2.75, 3.05) is 46.1 Å². The highest BCUT2D eigenvalue weighted by Gasteiger charge is 2.07. The average Bonchev–Trinajstić information content (AvgIpc) is 2.38. The Balaban J connectivity index is 3.42. The second-order valence-electron chi connectivity index (χ2n) is 4.12. The molecule has 0 N–H and O–H groups in total. The van der Waals surface area contributed by atoms with Crippen LogP contribution in [-0.4, -0.2) is 66.4 Å². The highest BCUT2D eigenvalue weighted by atomic mass is 28.2. The van der Waals surface area contributed by atoms with Crippen LogP contribution < -0.4 is 0 Å². The van der Waals surface area contributed by atoms with Gasteiger partial charge in [-0.15, -0.1) is 0 Å². The Morgan fingerprint density at radius 1 is 0.944 bits per heavy atom. The van der Waals surface area contributed by atoms with Gasteiger partial charge in [-0.05, 0) is 33.0 Å². The molecule has 0 aromatic carbocycles. The van der Waals surface area contributed by atoms with Crippen LogP contribution in [0.5, 0.6) is 0 Å². The van der Waals surface area contributed by atoms with Crippen molar-refractivity contribution in [1.29, 1.82) is 0 Å². The molecular weight excluding hydrogens is 246 g/mol. The largest absolute Gasteiger partial charge is 0.380 e. The van der Waals surface area contributed by atoms with Gasteiger partial charge in [0.25, 0.3) is 0 Å². The molecule has 0 aromatic rings. The summed E-state index contributed by atoms with van der Waals surface area (Å²) in [5.41, 5.74) is 0. The monoisotopic (exact) mass is 277 g/mol. The highest BCUT2D eigenvalue weighted by molar-refractivity contribution is 6.36. The number of likely N-dealkylation sites (N-methyl/N-ethyl adjacent to an activating group) is 1. The summed E-state index contributed by atoms with van der Waals surface area (Å²) in [7, 11) is -0.338. The van der Waals surface area contributed by atoms with Crippen LogP contribution in [0.2, 0.25) is 6.04 Å². The van der Waals surface area contributed by atoms with Crippen molar-refractivity contribution in [2.45, 2.75) is 39.7 Å². The van der Waals surface area contributed by atoms with Crippen LogP contribution in [-0.2, 0) is 14.2 Å². The maximum Gasteiger partial charge on any atom is 0.134 e. The molecule has 0 rings (SSSR count). The first-order chi connectivity index (χ1) is 8.78. The molecule has 4 nitrogen and oxygen atoms in total. The van der Waals surface area contributed by atoms with Crippen LogP contribution in [0, 0.1) is 0 Å².